The lowest BCUT2D eigenvalue weighted by atomic mass is 10.2. The molecule has 2 aromatic carbocycles. The van der Waals surface area contributed by atoms with Gasteiger partial charge < -0.3 is 16.1 Å². The van der Waals surface area contributed by atoms with E-state index in [1.54, 1.807) is 0 Å². The second-order valence-electron chi connectivity index (χ2n) is 5.12. The van der Waals surface area contributed by atoms with Crippen molar-refractivity contribution >= 4 is 28.7 Å². The van der Waals surface area contributed by atoms with E-state index in [4.69, 9.17) is 12.2 Å². The Hall–Kier alpha value is -2.11. The zero-order valence-electron chi connectivity index (χ0n) is 11.9. The molecule has 0 bridgehead atoms. The summed E-state index contributed by atoms with van der Waals surface area (Å²) < 4.78 is 0. The molecule has 0 saturated carbocycles. The van der Waals surface area contributed by atoms with Crippen LogP contribution in [0.4, 0.5) is 11.4 Å². The lowest BCUT2D eigenvalue weighted by Gasteiger charge is -2.18. The molecule has 0 unspecified atom stereocenters. The van der Waals surface area contributed by atoms with Crippen molar-refractivity contribution in [1.29, 1.82) is 0 Å². The van der Waals surface area contributed by atoms with E-state index in [-0.39, 0.29) is 0 Å². The third-order valence-corrected chi connectivity index (χ3v) is 3.64. The van der Waals surface area contributed by atoms with E-state index in [1.165, 1.54) is 11.1 Å². The van der Waals surface area contributed by atoms with Crippen molar-refractivity contribution in [1.82, 2.24) is 10.3 Å². The summed E-state index contributed by atoms with van der Waals surface area (Å²) in [5.74, 6) is 0. The number of rotatable bonds is 3. The number of thiocarbonyl (C=S) groups is 1. The van der Waals surface area contributed by atoms with Crippen LogP contribution in [0.2, 0.25) is 0 Å². The molecule has 3 N–H and O–H groups in total. The molecule has 2 aromatic rings. The standard InChI is InChI=1S/C16H18N4S/c1-12-6-8-14(9-7-12)18-16(21)17-11-20-10-13-4-2-3-5-15(13)19-20/h2-9,19H,10-11H2,1H3,(H2,17,18,21). The molecule has 0 aromatic heterocycles. The van der Waals surface area contributed by atoms with E-state index < -0.39 is 0 Å². The van der Waals surface area contributed by atoms with Gasteiger partial charge in [-0.25, -0.2) is 0 Å². The van der Waals surface area contributed by atoms with Gasteiger partial charge in [0.05, 0.1) is 12.4 Å². The number of hydrogen-bond acceptors (Lipinski definition) is 3. The third kappa shape index (κ3) is 3.51. The Labute approximate surface area is 130 Å². The van der Waals surface area contributed by atoms with Crippen LogP contribution in [0, 0.1) is 6.92 Å². The van der Waals surface area contributed by atoms with Crippen LogP contribution in [-0.4, -0.2) is 16.8 Å². The highest BCUT2D eigenvalue weighted by atomic mass is 32.1. The maximum absolute atomic E-state index is 5.31. The average Bonchev–Trinajstić information content (AvgIpc) is 2.90. The molecule has 5 heteroatoms. The van der Waals surface area contributed by atoms with Gasteiger partial charge >= 0.3 is 0 Å². The number of fused-ring (bicyclic) bond motifs is 1. The predicted molar refractivity (Wildman–Crippen MR) is 91.0 cm³/mol. The molecule has 21 heavy (non-hydrogen) atoms. The minimum Gasteiger partial charge on any atom is -0.348 e. The minimum atomic E-state index is 0.622. The largest absolute Gasteiger partial charge is 0.348 e. The van der Waals surface area contributed by atoms with Gasteiger partial charge in [0.25, 0.3) is 0 Å². The molecule has 0 saturated heterocycles. The minimum absolute atomic E-state index is 0.622. The van der Waals surface area contributed by atoms with Crippen LogP contribution >= 0.6 is 12.2 Å². The van der Waals surface area contributed by atoms with Gasteiger partial charge in [-0.15, -0.1) is 0 Å². The number of nitrogens with zero attached hydrogens (tertiary/aromatic N) is 1. The normalized spacial score (nSPS) is 13.4. The molecule has 0 atom stereocenters. The van der Waals surface area contributed by atoms with Gasteiger partial charge in [-0.3, -0.25) is 0 Å². The zero-order valence-corrected chi connectivity index (χ0v) is 12.7. The average molecular weight is 298 g/mol. The Bertz CT molecular complexity index is 614. The Morgan fingerprint density at radius 3 is 2.71 bits per heavy atom. The molecular formula is C16H18N4S. The molecule has 1 heterocycles. The fourth-order valence-electron chi connectivity index (χ4n) is 2.26. The van der Waals surface area contributed by atoms with Crippen LogP contribution in [0.5, 0.6) is 0 Å². The second-order valence-corrected chi connectivity index (χ2v) is 5.53. The first kappa shape index (κ1) is 13.9. The number of benzene rings is 2. The summed E-state index contributed by atoms with van der Waals surface area (Å²) in [6, 6.07) is 16.5. The Morgan fingerprint density at radius 2 is 1.95 bits per heavy atom. The molecule has 0 spiro atoms. The van der Waals surface area contributed by atoms with Gasteiger partial charge in [-0.05, 0) is 42.9 Å². The number of para-hydroxylation sites is 1. The summed E-state index contributed by atoms with van der Waals surface area (Å²) in [5.41, 5.74) is 8.04. The van der Waals surface area contributed by atoms with Crippen molar-refractivity contribution in [3.05, 3.63) is 59.7 Å². The predicted octanol–water partition coefficient (Wildman–Crippen LogP) is 3.08. The number of nitrogens with one attached hydrogen (secondary N) is 3. The highest BCUT2D eigenvalue weighted by molar-refractivity contribution is 7.80. The summed E-state index contributed by atoms with van der Waals surface area (Å²) in [6.45, 7) is 3.58. The first-order chi connectivity index (χ1) is 10.2. The van der Waals surface area contributed by atoms with Crippen molar-refractivity contribution in [2.24, 2.45) is 0 Å². The van der Waals surface area contributed by atoms with Crippen LogP contribution in [0.15, 0.2) is 48.5 Å². The number of aryl methyl sites for hydroxylation is 1. The van der Waals surface area contributed by atoms with E-state index in [1.807, 2.05) is 18.2 Å². The van der Waals surface area contributed by atoms with E-state index in [9.17, 15) is 0 Å². The quantitative estimate of drug-likeness (QED) is 0.760. The van der Waals surface area contributed by atoms with Gasteiger partial charge in [-0.1, -0.05) is 35.9 Å². The van der Waals surface area contributed by atoms with Crippen LogP contribution in [0.3, 0.4) is 0 Å². The number of hydrogen-bond donors (Lipinski definition) is 3. The molecule has 4 nitrogen and oxygen atoms in total. The molecule has 0 aliphatic carbocycles. The first-order valence-corrected chi connectivity index (χ1v) is 7.32. The fraction of sp³-hybridized carbons (Fsp3) is 0.188. The summed E-state index contributed by atoms with van der Waals surface area (Å²) in [6.07, 6.45) is 0. The van der Waals surface area contributed by atoms with E-state index >= 15 is 0 Å². The van der Waals surface area contributed by atoms with Gasteiger partial charge in [0.15, 0.2) is 5.11 Å². The summed E-state index contributed by atoms with van der Waals surface area (Å²) >= 11 is 5.31. The SMILES string of the molecule is Cc1ccc(NC(=S)NCN2Cc3ccccc3N2)cc1. The molecular weight excluding hydrogens is 280 g/mol. The summed E-state index contributed by atoms with van der Waals surface area (Å²) in [5, 5.41) is 9.10. The zero-order chi connectivity index (χ0) is 14.7. The van der Waals surface area contributed by atoms with Crippen molar-refractivity contribution in [3.8, 4) is 0 Å². The number of hydrazine groups is 1. The third-order valence-electron chi connectivity index (χ3n) is 3.40. The van der Waals surface area contributed by atoms with Crippen LogP contribution < -0.4 is 16.1 Å². The molecule has 1 aliphatic rings. The van der Waals surface area contributed by atoms with E-state index in [0.717, 1.165) is 17.9 Å². The monoisotopic (exact) mass is 298 g/mol. The summed E-state index contributed by atoms with van der Waals surface area (Å²) in [4.78, 5) is 0. The Balaban J connectivity index is 1.48. The maximum atomic E-state index is 5.31. The topological polar surface area (TPSA) is 39.3 Å². The molecule has 3 rings (SSSR count). The highest BCUT2D eigenvalue weighted by Crippen LogP contribution is 2.23. The molecule has 1 aliphatic heterocycles. The fourth-order valence-corrected chi connectivity index (χ4v) is 2.44. The Morgan fingerprint density at radius 1 is 1.19 bits per heavy atom. The van der Waals surface area contributed by atoms with Crippen molar-refractivity contribution in [2.45, 2.75) is 13.5 Å². The van der Waals surface area contributed by atoms with Crippen LogP contribution in [0.25, 0.3) is 0 Å². The van der Waals surface area contributed by atoms with E-state index in [2.05, 4.69) is 58.3 Å². The summed E-state index contributed by atoms with van der Waals surface area (Å²) in [7, 11) is 0. The maximum Gasteiger partial charge on any atom is 0.171 e. The smallest absolute Gasteiger partial charge is 0.171 e. The lowest BCUT2D eigenvalue weighted by Crippen LogP contribution is -2.39. The van der Waals surface area contributed by atoms with Crippen molar-refractivity contribution in [3.63, 3.8) is 0 Å². The van der Waals surface area contributed by atoms with Crippen molar-refractivity contribution in [2.75, 3.05) is 17.4 Å². The highest BCUT2D eigenvalue weighted by Gasteiger charge is 2.16. The second kappa shape index (κ2) is 6.11. The molecule has 0 radical (unpaired) electrons. The lowest BCUT2D eigenvalue weighted by molar-refractivity contribution is 0.337. The van der Waals surface area contributed by atoms with Gasteiger partial charge in [0.2, 0.25) is 0 Å². The van der Waals surface area contributed by atoms with Gasteiger partial charge in [-0.2, -0.15) is 5.01 Å². The Kier molecular flexibility index (Phi) is 4.03. The van der Waals surface area contributed by atoms with Crippen molar-refractivity contribution < 1.29 is 0 Å². The van der Waals surface area contributed by atoms with Gasteiger partial charge in [0.1, 0.15) is 0 Å². The van der Waals surface area contributed by atoms with Crippen LogP contribution in [0.1, 0.15) is 11.1 Å². The number of anilines is 2. The van der Waals surface area contributed by atoms with Gasteiger partial charge in [0, 0.05) is 12.2 Å². The molecule has 108 valence electrons. The molecule has 0 fully saturated rings. The first-order valence-electron chi connectivity index (χ1n) is 6.92. The van der Waals surface area contributed by atoms with E-state index in [0.29, 0.717) is 11.8 Å². The molecule has 0 amide bonds. The van der Waals surface area contributed by atoms with Crippen LogP contribution in [-0.2, 0) is 6.54 Å².